The lowest BCUT2D eigenvalue weighted by molar-refractivity contribution is -0.141. The lowest BCUT2D eigenvalue weighted by Crippen LogP contribution is -2.50. The SMILES string of the molecule is CC(C)Oc1ccc(N2CCC3(CCC(O)(CN4CC[C@@H](O)C4=O)CC3)C2=O)cc1. The Morgan fingerprint density at radius 1 is 1.07 bits per heavy atom. The van der Waals surface area contributed by atoms with Crippen molar-refractivity contribution in [2.75, 3.05) is 24.5 Å². The summed E-state index contributed by atoms with van der Waals surface area (Å²) in [6, 6.07) is 7.65. The molecule has 0 aromatic heterocycles. The van der Waals surface area contributed by atoms with Crippen LogP contribution < -0.4 is 9.64 Å². The number of rotatable bonds is 5. The molecule has 1 spiro atoms. The number of ether oxygens (including phenoxy) is 1. The van der Waals surface area contributed by atoms with Crippen LogP contribution in [0.15, 0.2) is 24.3 Å². The van der Waals surface area contributed by atoms with Gasteiger partial charge in [0.2, 0.25) is 5.91 Å². The molecule has 0 radical (unpaired) electrons. The lowest BCUT2D eigenvalue weighted by Gasteiger charge is -2.42. The largest absolute Gasteiger partial charge is 0.491 e. The van der Waals surface area contributed by atoms with Crippen LogP contribution in [0.3, 0.4) is 0 Å². The smallest absolute Gasteiger partial charge is 0.251 e. The highest BCUT2D eigenvalue weighted by Crippen LogP contribution is 2.49. The topological polar surface area (TPSA) is 90.3 Å². The first-order valence-corrected chi connectivity index (χ1v) is 11.0. The van der Waals surface area contributed by atoms with Crippen LogP contribution in [-0.4, -0.2) is 64.4 Å². The maximum absolute atomic E-state index is 13.3. The molecule has 0 unspecified atom stereocenters. The summed E-state index contributed by atoms with van der Waals surface area (Å²) in [5.74, 6) is 0.630. The molecular weight excluding hydrogens is 384 g/mol. The van der Waals surface area contributed by atoms with Crippen LogP contribution in [0.4, 0.5) is 5.69 Å². The summed E-state index contributed by atoms with van der Waals surface area (Å²) in [4.78, 5) is 28.7. The second-order valence-corrected chi connectivity index (χ2v) is 9.44. The van der Waals surface area contributed by atoms with E-state index in [0.717, 1.165) is 17.9 Å². The minimum absolute atomic E-state index is 0.104. The van der Waals surface area contributed by atoms with Gasteiger partial charge in [0.15, 0.2) is 0 Å². The van der Waals surface area contributed by atoms with Gasteiger partial charge in [0.25, 0.3) is 5.91 Å². The zero-order valence-corrected chi connectivity index (χ0v) is 17.8. The summed E-state index contributed by atoms with van der Waals surface area (Å²) < 4.78 is 5.69. The lowest BCUT2D eigenvalue weighted by atomic mass is 9.67. The van der Waals surface area contributed by atoms with Crippen molar-refractivity contribution in [1.82, 2.24) is 4.90 Å². The first-order chi connectivity index (χ1) is 14.2. The molecule has 1 saturated carbocycles. The average Bonchev–Trinajstić information content (AvgIpc) is 3.19. The Kier molecular flexibility index (Phi) is 5.53. The molecule has 2 N–H and O–H groups in total. The van der Waals surface area contributed by atoms with Gasteiger partial charge in [-0.3, -0.25) is 9.59 Å². The fraction of sp³-hybridized carbons (Fsp3) is 0.652. The number of β-amino-alcohol motifs (C(OH)–C–C–N with tert-alkyl or cyclic N) is 1. The molecule has 1 aliphatic carbocycles. The summed E-state index contributed by atoms with van der Waals surface area (Å²) in [5, 5.41) is 20.7. The normalized spacial score (nSPS) is 32.0. The van der Waals surface area contributed by atoms with Gasteiger partial charge in [0.05, 0.1) is 17.1 Å². The number of carbonyl (C=O) groups is 2. The van der Waals surface area contributed by atoms with Crippen LogP contribution in [0.1, 0.15) is 52.4 Å². The van der Waals surface area contributed by atoms with Crippen molar-refractivity contribution < 1.29 is 24.5 Å². The molecule has 1 aromatic rings. The molecule has 2 saturated heterocycles. The number of carbonyl (C=O) groups excluding carboxylic acids is 2. The first kappa shape index (κ1) is 21.1. The summed E-state index contributed by atoms with van der Waals surface area (Å²) in [6.07, 6.45) is 2.61. The van der Waals surface area contributed by atoms with Gasteiger partial charge in [-0.1, -0.05) is 0 Å². The molecule has 4 rings (SSSR count). The molecule has 3 fully saturated rings. The van der Waals surface area contributed by atoms with Crippen molar-refractivity contribution in [3.05, 3.63) is 24.3 Å². The third-order valence-corrected chi connectivity index (χ3v) is 6.93. The number of likely N-dealkylation sites (tertiary alicyclic amines) is 1. The van der Waals surface area contributed by atoms with Gasteiger partial charge in [-0.15, -0.1) is 0 Å². The van der Waals surface area contributed by atoms with E-state index in [1.807, 2.05) is 43.0 Å². The summed E-state index contributed by atoms with van der Waals surface area (Å²) in [6.45, 7) is 5.37. The second kappa shape index (κ2) is 7.85. The van der Waals surface area contributed by atoms with Crippen LogP contribution >= 0.6 is 0 Å². The number of hydrogen-bond acceptors (Lipinski definition) is 5. The highest BCUT2D eigenvalue weighted by atomic mass is 16.5. The minimum Gasteiger partial charge on any atom is -0.491 e. The van der Waals surface area contributed by atoms with E-state index >= 15 is 0 Å². The number of amides is 2. The number of hydrogen-bond donors (Lipinski definition) is 2. The number of aliphatic hydroxyl groups excluding tert-OH is 1. The van der Waals surface area contributed by atoms with E-state index in [2.05, 4.69) is 0 Å². The van der Waals surface area contributed by atoms with Crippen molar-refractivity contribution in [2.24, 2.45) is 5.41 Å². The van der Waals surface area contributed by atoms with Gasteiger partial charge >= 0.3 is 0 Å². The van der Waals surface area contributed by atoms with Crippen LogP contribution in [-0.2, 0) is 9.59 Å². The predicted molar refractivity (Wildman–Crippen MR) is 112 cm³/mol. The molecule has 7 nitrogen and oxygen atoms in total. The molecule has 164 valence electrons. The Hall–Kier alpha value is -2.12. The Bertz CT molecular complexity index is 798. The van der Waals surface area contributed by atoms with Gasteiger partial charge in [-0.25, -0.2) is 0 Å². The van der Waals surface area contributed by atoms with Gasteiger partial charge < -0.3 is 24.7 Å². The van der Waals surface area contributed by atoms with E-state index in [9.17, 15) is 19.8 Å². The molecule has 1 aromatic carbocycles. The Morgan fingerprint density at radius 2 is 1.73 bits per heavy atom. The van der Waals surface area contributed by atoms with E-state index in [0.29, 0.717) is 45.2 Å². The second-order valence-electron chi connectivity index (χ2n) is 9.44. The van der Waals surface area contributed by atoms with E-state index < -0.39 is 17.1 Å². The Labute approximate surface area is 177 Å². The molecule has 3 aliphatic rings. The van der Waals surface area contributed by atoms with Crippen molar-refractivity contribution in [1.29, 1.82) is 0 Å². The molecule has 0 bridgehead atoms. The summed E-state index contributed by atoms with van der Waals surface area (Å²) >= 11 is 0. The third-order valence-electron chi connectivity index (χ3n) is 6.93. The van der Waals surface area contributed by atoms with Crippen LogP contribution in [0.5, 0.6) is 5.75 Å². The van der Waals surface area contributed by atoms with E-state index in [1.54, 1.807) is 4.90 Å². The number of nitrogens with zero attached hydrogens (tertiary/aromatic N) is 2. The van der Waals surface area contributed by atoms with Crippen molar-refractivity contribution in [3.63, 3.8) is 0 Å². The van der Waals surface area contributed by atoms with Crippen molar-refractivity contribution >= 4 is 17.5 Å². The van der Waals surface area contributed by atoms with E-state index in [-0.39, 0.29) is 24.5 Å². The number of anilines is 1. The summed E-state index contributed by atoms with van der Waals surface area (Å²) in [7, 11) is 0. The predicted octanol–water partition coefficient (Wildman–Crippen LogP) is 2.10. The van der Waals surface area contributed by atoms with Crippen molar-refractivity contribution in [3.8, 4) is 5.75 Å². The molecule has 1 atom stereocenters. The van der Waals surface area contributed by atoms with Gasteiger partial charge in [0, 0.05) is 25.3 Å². The van der Waals surface area contributed by atoms with Crippen LogP contribution in [0.2, 0.25) is 0 Å². The zero-order valence-electron chi connectivity index (χ0n) is 17.8. The third kappa shape index (κ3) is 3.93. The maximum Gasteiger partial charge on any atom is 0.251 e. The summed E-state index contributed by atoms with van der Waals surface area (Å²) in [5.41, 5.74) is -0.520. The number of benzene rings is 1. The maximum atomic E-state index is 13.3. The van der Waals surface area contributed by atoms with Gasteiger partial charge in [-0.05, 0) is 76.6 Å². The average molecular weight is 417 g/mol. The zero-order chi connectivity index (χ0) is 21.5. The molecule has 2 heterocycles. The molecule has 2 amide bonds. The van der Waals surface area contributed by atoms with E-state index in [1.165, 1.54) is 0 Å². The molecule has 7 heteroatoms. The fourth-order valence-electron chi connectivity index (χ4n) is 5.09. The highest BCUT2D eigenvalue weighted by Gasteiger charge is 2.52. The number of aliphatic hydroxyl groups is 2. The standard InChI is InChI=1S/C23H32N2O5/c1-16(2)30-18-5-3-17(4-6-18)25-14-12-22(21(25)28)8-10-23(29,11-9-22)15-24-13-7-19(26)20(24)27/h3-6,16,19,26,29H,7-15H2,1-2H3/t19-,22?,23?/m1/s1. The Balaban J connectivity index is 1.38. The molecular formula is C23H32N2O5. The van der Waals surface area contributed by atoms with E-state index in [4.69, 9.17) is 4.74 Å². The van der Waals surface area contributed by atoms with Crippen LogP contribution in [0, 0.1) is 5.41 Å². The van der Waals surface area contributed by atoms with Gasteiger partial charge in [-0.2, -0.15) is 0 Å². The van der Waals surface area contributed by atoms with Crippen LogP contribution in [0.25, 0.3) is 0 Å². The Morgan fingerprint density at radius 3 is 2.30 bits per heavy atom. The first-order valence-electron chi connectivity index (χ1n) is 11.0. The molecule has 2 aliphatic heterocycles. The van der Waals surface area contributed by atoms with Gasteiger partial charge in [0.1, 0.15) is 11.9 Å². The van der Waals surface area contributed by atoms with Crippen molar-refractivity contribution in [2.45, 2.75) is 70.2 Å². The minimum atomic E-state index is -0.978. The monoisotopic (exact) mass is 416 g/mol. The quantitative estimate of drug-likeness (QED) is 0.767. The fourth-order valence-corrected chi connectivity index (χ4v) is 5.09. The highest BCUT2D eigenvalue weighted by molar-refractivity contribution is 6.00. The molecule has 30 heavy (non-hydrogen) atoms.